The Balaban J connectivity index is 1.84. The summed E-state index contributed by atoms with van der Waals surface area (Å²) in [5.41, 5.74) is 3.29. The van der Waals surface area contributed by atoms with Crippen molar-refractivity contribution in [2.24, 2.45) is 0 Å². The van der Waals surface area contributed by atoms with Gasteiger partial charge in [-0.15, -0.1) is 0 Å². The summed E-state index contributed by atoms with van der Waals surface area (Å²) in [5, 5.41) is 0.498. The lowest BCUT2D eigenvalue weighted by molar-refractivity contribution is 0.0593. The van der Waals surface area contributed by atoms with Gasteiger partial charge in [0.1, 0.15) is 17.9 Å². The van der Waals surface area contributed by atoms with E-state index in [2.05, 4.69) is 6.58 Å². The SMILES string of the molecule is C=CCOc1cccc(C2c3c(oc4c(C)cc(C)cc4c3=O)C(=O)N2CCCOC(C)C)c1. The Morgan fingerprint density at radius 2 is 1.97 bits per heavy atom. The Hall–Kier alpha value is -3.38. The van der Waals surface area contributed by atoms with E-state index in [0.29, 0.717) is 48.5 Å². The molecule has 34 heavy (non-hydrogen) atoms. The van der Waals surface area contributed by atoms with Crippen molar-refractivity contribution >= 4 is 16.9 Å². The Morgan fingerprint density at radius 3 is 2.71 bits per heavy atom. The topological polar surface area (TPSA) is 69.0 Å². The highest BCUT2D eigenvalue weighted by atomic mass is 16.5. The first-order valence-corrected chi connectivity index (χ1v) is 11.7. The first-order valence-electron chi connectivity index (χ1n) is 11.7. The van der Waals surface area contributed by atoms with Gasteiger partial charge < -0.3 is 18.8 Å². The zero-order valence-corrected chi connectivity index (χ0v) is 20.2. The molecule has 1 atom stereocenters. The van der Waals surface area contributed by atoms with Gasteiger partial charge >= 0.3 is 0 Å². The van der Waals surface area contributed by atoms with Crippen LogP contribution in [0.25, 0.3) is 11.0 Å². The number of rotatable bonds is 9. The minimum absolute atomic E-state index is 0.112. The number of ether oxygens (including phenoxy) is 2. The Labute approximate surface area is 199 Å². The first kappa shape index (κ1) is 23.8. The summed E-state index contributed by atoms with van der Waals surface area (Å²) in [6, 6.07) is 10.7. The van der Waals surface area contributed by atoms with Crippen LogP contribution in [-0.2, 0) is 4.74 Å². The van der Waals surface area contributed by atoms with Crippen molar-refractivity contribution < 1.29 is 18.7 Å². The number of carbonyl (C=O) groups excluding carboxylic acids is 1. The number of benzene rings is 2. The largest absolute Gasteiger partial charge is 0.490 e. The molecule has 3 aromatic rings. The lowest BCUT2D eigenvalue weighted by Gasteiger charge is -2.25. The number of aryl methyl sites for hydroxylation is 2. The molecule has 0 N–H and O–H groups in total. The molecule has 2 aromatic carbocycles. The standard InChI is InChI=1S/C28H31NO5/c1-6-12-33-21-10-7-9-20(16-21)24-23-25(30)22-15-18(4)14-19(5)26(22)34-27(23)28(31)29(24)11-8-13-32-17(2)3/h6-7,9-10,14-17,24H,1,8,11-13H2,2-5H3. The highest BCUT2D eigenvalue weighted by Crippen LogP contribution is 2.39. The van der Waals surface area contributed by atoms with Gasteiger partial charge in [-0.25, -0.2) is 0 Å². The van der Waals surface area contributed by atoms with Crippen LogP contribution in [0.3, 0.4) is 0 Å². The third-order valence-corrected chi connectivity index (χ3v) is 5.93. The normalized spacial score (nSPS) is 15.3. The zero-order chi connectivity index (χ0) is 24.4. The highest BCUT2D eigenvalue weighted by molar-refractivity contribution is 5.99. The molecule has 178 valence electrons. The van der Waals surface area contributed by atoms with Crippen molar-refractivity contribution in [1.29, 1.82) is 0 Å². The van der Waals surface area contributed by atoms with Gasteiger partial charge in [-0.05, 0) is 69.0 Å². The molecule has 0 spiro atoms. The predicted molar refractivity (Wildman–Crippen MR) is 133 cm³/mol. The van der Waals surface area contributed by atoms with E-state index >= 15 is 0 Å². The van der Waals surface area contributed by atoms with E-state index in [1.807, 2.05) is 64.1 Å². The number of hydrogen-bond donors (Lipinski definition) is 0. The molecule has 0 saturated heterocycles. The Kier molecular flexibility index (Phi) is 6.89. The van der Waals surface area contributed by atoms with Crippen LogP contribution in [-0.4, -0.2) is 36.7 Å². The maximum atomic E-state index is 13.8. The van der Waals surface area contributed by atoms with E-state index in [1.54, 1.807) is 11.0 Å². The predicted octanol–water partition coefficient (Wildman–Crippen LogP) is 5.33. The van der Waals surface area contributed by atoms with E-state index in [1.165, 1.54) is 0 Å². The van der Waals surface area contributed by atoms with Crippen LogP contribution in [0.1, 0.15) is 59.1 Å². The van der Waals surface area contributed by atoms with Gasteiger partial charge in [-0.1, -0.05) is 30.9 Å². The maximum absolute atomic E-state index is 13.8. The molecule has 1 unspecified atom stereocenters. The Bertz CT molecular complexity index is 1290. The van der Waals surface area contributed by atoms with E-state index in [9.17, 15) is 9.59 Å². The van der Waals surface area contributed by atoms with Gasteiger partial charge in [-0.2, -0.15) is 0 Å². The summed E-state index contributed by atoms with van der Waals surface area (Å²) < 4.78 is 17.5. The summed E-state index contributed by atoms with van der Waals surface area (Å²) in [5.74, 6) is 0.496. The third-order valence-electron chi connectivity index (χ3n) is 5.93. The second-order valence-corrected chi connectivity index (χ2v) is 8.98. The molecule has 0 bridgehead atoms. The molecular formula is C28H31NO5. The van der Waals surface area contributed by atoms with Crippen molar-refractivity contribution in [2.45, 2.75) is 46.3 Å². The van der Waals surface area contributed by atoms with Crippen molar-refractivity contribution in [3.05, 3.63) is 87.3 Å². The molecule has 1 aliphatic heterocycles. The average Bonchev–Trinajstić information content (AvgIpc) is 3.08. The van der Waals surface area contributed by atoms with E-state index in [0.717, 1.165) is 16.7 Å². The first-order chi connectivity index (χ1) is 16.3. The minimum Gasteiger partial charge on any atom is -0.490 e. The number of amides is 1. The summed E-state index contributed by atoms with van der Waals surface area (Å²) >= 11 is 0. The summed E-state index contributed by atoms with van der Waals surface area (Å²) in [6.07, 6.45) is 2.43. The number of carbonyl (C=O) groups is 1. The van der Waals surface area contributed by atoms with E-state index in [4.69, 9.17) is 13.9 Å². The van der Waals surface area contributed by atoms with Crippen LogP contribution >= 0.6 is 0 Å². The lowest BCUT2D eigenvalue weighted by Crippen LogP contribution is -2.31. The molecule has 1 aromatic heterocycles. The van der Waals surface area contributed by atoms with Crippen LogP contribution in [0, 0.1) is 13.8 Å². The molecule has 4 rings (SSSR count). The minimum atomic E-state index is -0.560. The molecule has 1 amide bonds. The maximum Gasteiger partial charge on any atom is 0.290 e. The highest BCUT2D eigenvalue weighted by Gasteiger charge is 2.42. The second kappa shape index (κ2) is 9.85. The average molecular weight is 462 g/mol. The summed E-state index contributed by atoms with van der Waals surface area (Å²) in [7, 11) is 0. The molecule has 1 aliphatic rings. The number of fused-ring (bicyclic) bond motifs is 2. The molecule has 6 heteroatoms. The van der Waals surface area contributed by atoms with Crippen LogP contribution in [0.15, 0.2) is 58.3 Å². The van der Waals surface area contributed by atoms with Gasteiger partial charge in [0.15, 0.2) is 5.43 Å². The quantitative estimate of drug-likeness (QED) is 0.318. The summed E-state index contributed by atoms with van der Waals surface area (Å²) in [4.78, 5) is 29.0. The van der Waals surface area contributed by atoms with Crippen LogP contribution in [0.5, 0.6) is 5.75 Å². The molecular weight excluding hydrogens is 430 g/mol. The number of hydrogen-bond acceptors (Lipinski definition) is 5. The van der Waals surface area contributed by atoms with Crippen molar-refractivity contribution in [2.75, 3.05) is 19.8 Å². The van der Waals surface area contributed by atoms with E-state index < -0.39 is 6.04 Å². The molecule has 6 nitrogen and oxygen atoms in total. The van der Waals surface area contributed by atoms with Crippen molar-refractivity contribution in [3.63, 3.8) is 0 Å². The Morgan fingerprint density at radius 1 is 1.18 bits per heavy atom. The zero-order valence-electron chi connectivity index (χ0n) is 20.2. The van der Waals surface area contributed by atoms with Gasteiger partial charge in [0, 0.05) is 13.2 Å². The third kappa shape index (κ3) is 4.50. The molecule has 0 radical (unpaired) electrons. The van der Waals surface area contributed by atoms with Gasteiger partial charge in [0.2, 0.25) is 5.76 Å². The van der Waals surface area contributed by atoms with Gasteiger partial charge in [-0.3, -0.25) is 9.59 Å². The van der Waals surface area contributed by atoms with Gasteiger partial charge in [0.25, 0.3) is 5.91 Å². The molecule has 0 fully saturated rings. The summed E-state index contributed by atoms with van der Waals surface area (Å²) in [6.45, 7) is 12.8. The monoisotopic (exact) mass is 461 g/mol. The molecule has 0 saturated carbocycles. The fraction of sp³-hybridized carbons (Fsp3) is 0.357. The van der Waals surface area contributed by atoms with Gasteiger partial charge in [0.05, 0.1) is 23.1 Å². The fourth-order valence-corrected chi connectivity index (χ4v) is 4.54. The second-order valence-electron chi connectivity index (χ2n) is 8.98. The van der Waals surface area contributed by atoms with Crippen molar-refractivity contribution in [1.82, 2.24) is 4.90 Å². The fourth-order valence-electron chi connectivity index (χ4n) is 4.54. The van der Waals surface area contributed by atoms with E-state index in [-0.39, 0.29) is 23.2 Å². The van der Waals surface area contributed by atoms with Crippen molar-refractivity contribution in [3.8, 4) is 5.75 Å². The lowest BCUT2D eigenvalue weighted by atomic mass is 9.97. The molecule has 2 heterocycles. The smallest absolute Gasteiger partial charge is 0.290 e. The van der Waals surface area contributed by atoms with Crippen LogP contribution in [0.2, 0.25) is 0 Å². The number of nitrogens with zero attached hydrogens (tertiary/aromatic N) is 1. The van der Waals surface area contributed by atoms with Crippen LogP contribution < -0.4 is 10.2 Å². The van der Waals surface area contributed by atoms with Crippen LogP contribution in [0.4, 0.5) is 0 Å². The molecule has 0 aliphatic carbocycles.